The summed E-state index contributed by atoms with van der Waals surface area (Å²) in [5.74, 6) is 2.21. The lowest BCUT2D eigenvalue weighted by molar-refractivity contribution is 0.0517. The summed E-state index contributed by atoms with van der Waals surface area (Å²) in [7, 11) is 0. The van der Waals surface area contributed by atoms with Gasteiger partial charge in [0.05, 0.1) is 0 Å². The van der Waals surface area contributed by atoms with Crippen LogP contribution in [-0.2, 0) is 19.5 Å². The lowest BCUT2D eigenvalue weighted by Gasteiger charge is -2.40. The van der Waals surface area contributed by atoms with Gasteiger partial charge in [0.25, 0.3) is 0 Å². The highest BCUT2D eigenvalue weighted by Gasteiger charge is 2.36. The van der Waals surface area contributed by atoms with Crippen molar-refractivity contribution in [2.24, 2.45) is 0 Å². The molecule has 0 aliphatic carbocycles. The molecule has 216 valence electrons. The first-order chi connectivity index (χ1) is 19.1. The van der Waals surface area contributed by atoms with Crippen LogP contribution >= 0.6 is 0 Å². The third kappa shape index (κ3) is 7.91. The van der Waals surface area contributed by atoms with Gasteiger partial charge in [-0.15, -0.1) is 0 Å². The number of hydrogen-bond donors (Lipinski definition) is 0. The van der Waals surface area contributed by atoms with E-state index in [1.807, 2.05) is 0 Å². The number of hydrogen-bond acceptors (Lipinski definition) is 3. The fraction of sp³-hybridized carbons (Fsp3) is 0.514. The average Bonchev–Trinajstić information content (AvgIpc) is 2.92. The molecule has 1 atom stereocenters. The van der Waals surface area contributed by atoms with Gasteiger partial charge in [0.15, 0.2) is 0 Å². The van der Waals surface area contributed by atoms with Crippen LogP contribution in [0.25, 0.3) is 0 Å². The van der Waals surface area contributed by atoms with E-state index in [1.165, 1.54) is 51.0 Å². The maximum Gasteiger partial charge on any atom is 0.142 e. The second-order valence-corrected chi connectivity index (χ2v) is 12.7. The Kier molecular flexibility index (Phi) is 10.4. The van der Waals surface area contributed by atoms with Gasteiger partial charge in [0.1, 0.15) is 23.8 Å². The van der Waals surface area contributed by atoms with Gasteiger partial charge in [-0.3, -0.25) is 4.90 Å². The molecule has 0 radical (unpaired) electrons. The summed E-state index contributed by atoms with van der Waals surface area (Å²) < 4.78 is 13.2. The van der Waals surface area contributed by atoms with Crippen LogP contribution in [0.15, 0.2) is 65.3 Å². The van der Waals surface area contributed by atoms with E-state index in [0.717, 1.165) is 69.5 Å². The Morgan fingerprint density at radius 3 is 2.20 bits per heavy atom. The zero-order valence-electron chi connectivity index (χ0n) is 26.2. The molecule has 0 bridgehead atoms. The Hall–Kier alpha value is -2.78. The van der Waals surface area contributed by atoms with E-state index in [9.17, 15) is 0 Å². The molecule has 0 amide bonds. The molecule has 2 aromatic rings. The summed E-state index contributed by atoms with van der Waals surface area (Å²) in [5.41, 5.74) is 10.8. The fourth-order valence-electron chi connectivity index (χ4n) is 6.03. The Balaban J connectivity index is 1.36. The van der Waals surface area contributed by atoms with Crippen molar-refractivity contribution in [3.63, 3.8) is 0 Å². The monoisotopic (exact) mass is 541 g/mol. The van der Waals surface area contributed by atoms with Crippen molar-refractivity contribution >= 4 is 0 Å². The fourth-order valence-corrected chi connectivity index (χ4v) is 6.03. The lowest BCUT2D eigenvalue weighted by Crippen LogP contribution is -2.38. The Bertz CT molecular complexity index is 1250. The SMILES string of the molecule is CC(C)=CCC/C(C)=C/CC/C(C)=C/CC[C@]1(C)CCc2c3c(c(C)c(C)c2O1)OCN(Cc1ccccc1)C3. The smallest absolute Gasteiger partial charge is 0.142 e. The highest BCUT2D eigenvalue weighted by atomic mass is 16.5. The first-order valence-electron chi connectivity index (χ1n) is 15.3. The van der Waals surface area contributed by atoms with E-state index in [0.29, 0.717) is 6.73 Å². The van der Waals surface area contributed by atoms with Gasteiger partial charge in [0.2, 0.25) is 0 Å². The zero-order chi connectivity index (χ0) is 28.7. The predicted octanol–water partition coefficient (Wildman–Crippen LogP) is 9.94. The molecule has 0 N–H and O–H groups in total. The summed E-state index contributed by atoms with van der Waals surface area (Å²) in [6, 6.07) is 10.7. The van der Waals surface area contributed by atoms with Crippen LogP contribution in [0.5, 0.6) is 11.5 Å². The second kappa shape index (κ2) is 13.7. The third-order valence-corrected chi connectivity index (χ3v) is 8.72. The number of benzene rings is 2. The molecule has 0 unspecified atom stereocenters. The van der Waals surface area contributed by atoms with Crippen molar-refractivity contribution in [1.29, 1.82) is 0 Å². The first-order valence-corrected chi connectivity index (χ1v) is 15.3. The lowest BCUT2D eigenvalue weighted by atomic mass is 9.84. The van der Waals surface area contributed by atoms with Crippen molar-refractivity contribution in [2.75, 3.05) is 6.73 Å². The molecule has 2 aliphatic rings. The van der Waals surface area contributed by atoms with Crippen LogP contribution in [0, 0.1) is 13.8 Å². The Labute approximate surface area is 244 Å². The predicted molar refractivity (Wildman–Crippen MR) is 169 cm³/mol. The van der Waals surface area contributed by atoms with Crippen LogP contribution in [0.4, 0.5) is 0 Å². The molecule has 0 saturated heterocycles. The van der Waals surface area contributed by atoms with E-state index in [4.69, 9.17) is 9.47 Å². The van der Waals surface area contributed by atoms with Crippen molar-refractivity contribution in [3.8, 4) is 11.5 Å². The summed E-state index contributed by atoms with van der Waals surface area (Å²) in [5, 5.41) is 0. The Morgan fingerprint density at radius 2 is 1.50 bits per heavy atom. The van der Waals surface area contributed by atoms with E-state index in [-0.39, 0.29) is 5.60 Å². The largest absolute Gasteiger partial charge is 0.487 e. The van der Waals surface area contributed by atoms with Crippen LogP contribution in [0.1, 0.15) is 107 Å². The average molecular weight is 542 g/mol. The van der Waals surface area contributed by atoms with Gasteiger partial charge in [-0.1, -0.05) is 65.3 Å². The van der Waals surface area contributed by atoms with Crippen LogP contribution in [-0.4, -0.2) is 17.2 Å². The number of allylic oxidation sites excluding steroid dienone is 6. The standard InChI is InChI=1S/C37H51NO2/c1-27(2)14-11-15-28(3)16-12-17-29(4)18-13-22-37(7)23-21-33-34-25-38(24-32-19-9-8-10-20-32)26-39-35(34)30(5)31(6)36(33)40-37/h8-10,14,16,18-20H,11-13,15,17,21-26H2,1-7H3/b28-16+,29-18+/t37-/m1/s1. The molecule has 3 heteroatoms. The van der Waals surface area contributed by atoms with Crippen LogP contribution in [0.2, 0.25) is 0 Å². The number of ether oxygens (including phenoxy) is 2. The van der Waals surface area contributed by atoms with Gasteiger partial charge < -0.3 is 9.47 Å². The number of nitrogens with zero attached hydrogens (tertiary/aromatic N) is 1. The Morgan fingerprint density at radius 1 is 0.850 bits per heavy atom. The van der Waals surface area contributed by atoms with Gasteiger partial charge in [0, 0.05) is 24.2 Å². The molecule has 40 heavy (non-hydrogen) atoms. The van der Waals surface area contributed by atoms with Crippen molar-refractivity contribution in [1.82, 2.24) is 4.90 Å². The van der Waals surface area contributed by atoms with Crippen molar-refractivity contribution in [3.05, 3.63) is 93.1 Å². The van der Waals surface area contributed by atoms with E-state index in [2.05, 4.69) is 102 Å². The molecule has 2 heterocycles. The molecule has 0 aromatic heterocycles. The number of fused-ring (bicyclic) bond motifs is 3. The minimum absolute atomic E-state index is 0.129. The second-order valence-electron chi connectivity index (χ2n) is 12.7. The summed E-state index contributed by atoms with van der Waals surface area (Å²) in [6.45, 7) is 18.1. The topological polar surface area (TPSA) is 21.7 Å². The van der Waals surface area contributed by atoms with Gasteiger partial charge in [-0.05, 0) is 117 Å². The van der Waals surface area contributed by atoms with Gasteiger partial charge in [-0.25, -0.2) is 0 Å². The van der Waals surface area contributed by atoms with Crippen LogP contribution in [0.3, 0.4) is 0 Å². The number of rotatable bonds is 11. The molecule has 0 saturated carbocycles. The molecule has 0 fully saturated rings. The van der Waals surface area contributed by atoms with E-state index < -0.39 is 0 Å². The minimum Gasteiger partial charge on any atom is -0.487 e. The van der Waals surface area contributed by atoms with Gasteiger partial charge in [-0.2, -0.15) is 0 Å². The molecule has 4 rings (SSSR count). The molecule has 2 aliphatic heterocycles. The van der Waals surface area contributed by atoms with Crippen molar-refractivity contribution < 1.29 is 9.47 Å². The maximum atomic E-state index is 6.88. The first kappa shape index (κ1) is 30.2. The zero-order valence-corrected chi connectivity index (χ0v) is 26.2. The summed E-state index contributed by atoms with van der Waals surface area (Å²) >= 11 is 0. The van der Waals surface area contributed by atoms with Crippen LogP contribution < -0.4 is 9.47 Å². The molecule has 3 nitrogen and oxygen atoms in total. The summed E-state index contributed by atoms with van der Waals surface area (Å²) in [6.07, 6.45) is 16.0. The van der Waals surface area contributed by atoms with E-state index in [1.54, 1.807) is 0 Å². The minimum atomic E-state index is -0.129. The molecule has 2 aromatic carbocycles. The van der Waals surface area contributed by atoms with Gasteiger partial charge >= 0.3 is 0 Å². The molecule has 0 spiro atoms. The molecular weight excluding hydrogens is 490 g/mol. The maximum absolute atomic E-state index is 6.88. The van der Waals surface area contributed by atoms with Crippen molar-refractivity contribution in [2.45, 2.75) is 119 Å². The normalized spacial score (nSPS) is 19.4. The third-order valence-electron chi connectivity index (χ3n) is 8.72. The quantitative estimate of drug-likeness (QED) is 0.264. The highest BCUT2D eigenvalue weighted by molar-refractivity contribution is 5.60. The molecular formula is C37H51NO2. The summed E-state index contributed by atoms with van der Waals surface area (Å²) in [4.78, 5) is 2.40. The van der Waals surface area contributed by atoms with E-state index >= 15 is 0 Å². The highest BCUT2D eigenvalue weighted by Crippen LogP contribution is 2.46.